The van der Waals surface area contributed by atoms with Crippen LogP contribution in [0.3, 0.4) is 0 Å². The Morgan fingerprint density at radius 2 is 1.72 bits per heavy atom. The Kier molecular flexibility index (Phi) is 4.13. The molecule has 0 spiro atoms. The van der Waals surface area contributed by atoms with Gasteiger partial charge in [0, 0.05) is 6.54 Å². The molecule has 0 heterocycles. The molecule has 2 heteroatoms. The highest BCUT2D eigenvalue weighted by molar-refractivity contribution is 5.79. The molecular weight excluding hydrogens is 222 g/mol. The zero-order chi connectivity index (χ0) is 12.8. The Morgan fingerprint density at radius 1 is 1.00 bits per heavy atom. The molecule has 2 nitrogen and oxygen atoms in total. The van der Waals surface area contributed by atoms with Gasteiger partial charge < -0.3 is 5.32 Å². The van der Waals surface area contributed by atoms with Crippen LogP contribution in [-0.4, -0.2) is 12.5 Å². The van der Waals surface area contributed by atoms with Gasteiger partial charge in [-0.25, -0.2) is 0 Å². The minimum atomic E-state index is 0.0720. The van der Waals surface area contributed by atoms with Crippen LogP contribution in [0.25, 0.3) is 11.1 Å². The molecule has 0 unspecified atom stereocenters. The predicted molar refractivity (Wildman–Crippen MR) is 74.3 cm³/mol. The van der Waals surface area contributed by atoms with E-state index in [1.807, 2.05) is 37.3 Å². The maximum atomic E-state index is 11.5. The van der Waals surface area contributed by atoms with Crippen molar-refractivity contribution in [3.63, 3.8) is 0 Å². The van der Waals surface area contributed by atoms with Crippen LogP contribution in [0.5, 0.6) is 0 Å². The van der Waals surface area contributed by atoms with E-state index in [0.717, 1.165) is 11.1 Å². The van der Waals surface area contributed by atoms with Gasteiger partial charge in [-0.15, -0.1) is 0 Å². The summed E-state index contributed by atoms with van der Waals surface area (Å²) in [6.45, 7) is 2.61. The van der Waals surface area contributed by atoms with Gasteiger partial charge in [0.2, 0.25) is 5.91 Å². The van der Waals surface area contributed by atoms with Crippen LogP contribution >= 0.6 is 0 Å². The predicted octanol–water partition coefficient (Wildman–Crippen LogP) is 3.03. The zero-order valence-corrected chi connectivity index (χ0v) is 10.5. The van der Waals surface area contributed by atoms with Gasteiger partial charge in [-0.2, -0.15) is 0 Å². The Hall–Kier alpha value is -2.09. The molecule has 0 bridgehead atoms. The molecule has 0 aliphatic heterocycles. The number of likely N-dealkylation sites (N-methyl/N-ethyl adjacent to an activating group) is 1. The molecule has 1 amide bonds. The first kappa shape index (κ1) is 12.4. The first-order chi connectivity index (χ1) is 8.79. The van der Waals surface area contributed by atoms with Crippen molar-refractivity contribution in [1.29, 1.82) is 0 Å². The summed E-state index contributed by atoms with van der Waals surface area (Å²) in [6, 6.07) is 18.3. The van der Waals surface area contributed by atoms with Crippen molar-refractivity contribution in [2.75, 3.05) is 6.54 Å². The number of hydrogen-bond donors (Lipinski definition) is 1. The van der Waals surface area contributed by atoms with Crippen molar-refractivity contribution in [1.82, 2.24) is 5.32 Å². The topological polar surface area (TPSA) is 29.1 Å². The number of carbonyl (C=O) groups excluding carboxylic acids is 1. The lowest BCUT2D eigenvalue weighted by Gasteiger charge is -2.06. The Balaban J connectivity index is 2.18. The molecule has 2 aromatic rings. The van der Waals surface area contributed by atoms with E-state index in [-0.39, 0.29) is 5.91 Å². The molecule has 1 N–H and O–H groups in total. The number of amides is 1. The summed E-state index contributed by atoms with van der Waals surface area (Å²) < 4.78 is 0. The van der Waals surface area contributed by atoms with Crippen LogP contribution in [-0.2, 0) is 11.2 Å². The normalized spacial score (nSPS) is 10.1. The second-order valence-corrected chi connectivity index (χ2v) is 4.20. The third kappa shape index (κ3) is 3.20. The summed E-state index contributed by atoms with van der Waals surface area (Å²) in [5, 5.41) is 2.81. The molecule has 2 aromatic carbocycles. The van der Waals surface area contributed by atoms with E-state index in [0.29, 0.717) is 13.0 Å². The Morgan fingerprint density at radius 3 is 2.44 bits per heavy atom. The summed E-state index contributed by atoms with van der Waals surface area (Å²) in [5.41, 5.74) is 3.37. The fraction of sp³-hybridized carbons (Fsp3) is 0.188. The second-order valence-electron chi connectivity index (χ2n) is 4.20. The molecule has 0 atom stereocenters. The number of hydrogen-bond acceptors (Lipinski definition) is 1. The van der Waals surface area contributed by atoms with Crippen LogP contribution in [0.15, 0.2) is 54.6 Å². The van der Waals surface area contributed by atoms with Gasteiger partial charge in [-0.05, 0) is 23.6 Å². The molecule has 2 rings (SSSR count). The third-order valence-corrected chi connectivity index (χ3v) is 2.77. The van der Waals surface area contributed by atoms with Crippen molar-refractivity contribution < 1.29 is 4.79 Å². The molecule has 0 saturated carbocycles. The van der Waals surface area contributed by atoms with E-state index in [1.165, 1.54) is 5.56 Å². The Labute approximate surface area is 108 Å². The first-order valence-corrected chi connectivity index (χ1v) is 6.20. The van der Waals surface area contributed by atoms with E-state index in [2.05, 4.69) is 29.6 Å². The average Bonchev–Trinajstić information content (AvgIpc) is 2.40. The van der Waals surface area contributed by atoms with Crippen molar-refractivity contribution >= 4 is 5.91 Å². The smallest absolute Gasteiger partial charge is 0.224 e. The fourth-order valence-electron chi connectivity index (χ4n) is 1.94. The van der Waals surface area contributed by atoms with Crippen LogP contribution in [0.1, 0.15) is 12.5 Å². The van der Waals surface area contributed by atoms with E-state index >= 15 is 0 Å². The fourth-order valence-corrected chi connectivity index (χ4v) is 1.94. The summed E-state index contributed by atoms with van der Waals surface area (Å²) in [6.07, 6.45) is 0.439. The van der Waals surface area contributed by atoms with Crippen LogP contribution in [0, 0.1) is 0 Å². The summed E-state index contributed by atoms with van der Waals surface area (Å²) >= 11 is 0. The van der Waals surface area contributed by atoms with Crippen LogP contribution in [0.2, 0.25) is 0 Å². The van der Waals surface area contributed by atoms with Gasteiger partial charge >= 0.3 is 0 Å². The molecule has 0 aliphatic rings. The van der Waals surface area contributed by atoms with Gasteiger partial charge in [0.1, 0.15) is 0 Å². The minimum Gasteiger partial charge on any atom is -0.356 e. The van der Waals surface area contributed by atoms with Gasteiger partial charge in [-0.3, -0.25) is 4.79 Å². The van der Waals surface area contributed by atoms with E-state index in [1.54, 1.807) is 0 Å². The van der Waals surface area contributed by atoms with E-state index in [9.17, 15) is 4.79 Å². The van der Waals surface area contributed by atoms with Gasteiger partial charge in [0.25, 0.3) is 0 Å². The van der Waals surface area contributed by atoms with Crippen LogP contribution < -0.4 is 5.32 Å². The third-order valence-electron chi connectivity index (χ3n) is 2.77. The Bertz CT molecular complexity index is 520. The summed E-state index contributed by atoms with van der Waals surface area (Å²) in [7, 11) is 0. The summed E-state index contributed by atoms with van der Waals surface area (Å²) in [5.74, 6) is 0.0720. The van der Waals surface area contributed by atoms with Gasteiger partial charge in [0.05, 0.1) is 6.42 Å². The molecule has 0 aliphatic carbocycles. The highest BCUT2D eigenvalue weighted by Crippen LogP contribution is 2.20. The average molecular weight is 239 g/mol. The number of rotatable bonds is 4. The molecule has 0 radical (unpaired) electrons. The second kappa shape index (κ2) is 6.01. The van der Waals surface area contributed by atoms with Crippen molar-refractivity contribution in [2.24, 2.45) is 0 Å². The molecule has 0 saturated heterocycles. The molecule has 92 valence electrons. The van der Waals surface area contributed by atoms with E-state index < -0.39 is 0 Å². The van der Waals surface area contributed by atoms with Crippen molar-refractivity contribution in [2.45, 2.75) is 13.3 Å². The maximum absolute atomic E-state index is 11.5. The lowest BCUT2D eigenvalue weighted by atomic mass is 10.0. The number of nitrogens with one attached hydrogen (secondary N) is 1. The maximum Gasteiger partial charge on any atom is 0.224 e. The standard InChI is InChI=1S/C16H17NO/c1-2-17-16(18)12-13-7-6-10-15(11-13)14-8-4-3-5-9-14/h3-11H,2,12H2,1H3,(H,17,18). The lowest BCUT2D eigenvalue weighted by Crippen LogP contribution is -2.24. The van der Waals surface area contributed by atoms with Crippen LogP contribution in [0.4, 0.5) is 0 Å². The van der Waals surface area contributed by atoms with Crippen molar-refractivity contribution in [3.05, 3.63) is 60.2 Å². The highest BCUT2D eigenvalue weighted by Gasteiger charge is 2.03. The highest BCUT2D eigenvalue weighted by atomic mass is 16.1. The van der Waals surface area contributed by atoms with Gasteiger partial charge in [0.15, 0.2) is 0 Å². The number of benzene rings is 2. The molecule has 0 fully saturated rings. The molecule has 0 aromatic heterocycles. The zero-order valence-electron chi connectivity index (χ0n) is 10.5. The SMILES string of the molecule is CCNC(=O)Cc1cccc(-c2ccccc2)c1. The van der Waals surface area contributed by atoms with Gasteiger partial charge in [-0.1, -0.05) is 54.6 Å². The molecular formula is C16H17NO. The monoisotopic (exact) mass is 239 g/mol. The minimum absolute atomic E-state index is 0.0720. The van der Waals surface area contributed by atoms with E-state index in [4.69, 9.17) is 0 Å². The quantitative estimate of drug-likeness (QED) is 0.873. The van der Waals surface area contributed by atoms with Crippen molar-refractivity contribution in [3.8, 4) is 11.1 Å². The first-order valence-electron chi connectivity index (χ1n) is 6.20. The summed E-state index contributed by atoms with van der Waals surface area (Å²) in [4.78, 5) is 11.5. The number of carbonyl (C=O) groups is 1. The largest absolute Gasteiger partial charge is 0.356 e. The molecule has 18 heavy (non-hydrogen) atoms. The lowest BCUT2D eigenvalue weighted by molar-refractivity contribution is -0.120.